The Morgan fingerprint density at radius 1 is 1.10 bits per heavy atom. The number of carbonyl (C=O) groups is 2. The number of hydrogen-bond donors (Lipinski definition) is 1. The Morgan fingerprint density at radius 2 is 1.81 bits per heavy atom. The Hall–Kier alpha value is -2.88. The normalized spacial score (nSPS) is 19.1. The second-order valence-corrected chi connectivity index (χ2v) is 8.44. The number of carbonyl (C=O) groups excluding carboxylic acids is 2. The van der Waals surface area contributed by atoms with Crippen LogP contribution in [0.4, 0.5) is 18.0 Å². The van der Waals surface area contributed by atoms with Crippen LogP contribution in [0.2, 0.25) is 0 Å². The van der Waals surface area contributed by atoms with Crippen LogP contribution in [-0.2, 0) is 12.7 Å². The van der Waals surface area contributed by atoms with E-state index in [2.05, 4.69) is 10.00 Å². The fourth-order valence-electron chi connectivity index (χ4n) is 4.55. The molecule has 2 saturated heterocycles. The number of nitrogens with zero attached hydrogens (tertiary/aromatic N) is 4. The van der Waals surface area contributed by atoms with Gasteiger partial charge in [-0.25, -0.2) is 4.79 Å². The lowest BCUT2D eigenvalue weighted by atomic mass is 9.78. The van der Waals surface area contributed by atoms with Crippen molar-refractivity contribution in [2.24, 2.45) is 11.1 Å². The summed E-state index contributed by atoms with van der Waals surface area (Å²) in [5, 5.41) is 3.92. The molecular weight excluding hydrogens is 411 g/mol. The smallest absolute Gasteiger partial charge is 0.364 e. The summed E-state index contributed by atoms with van der Waals surface area (Å²) in [4.78, 5) is 27.7. The summed E-state index contributed by atoms with van der Waals surface area (Å²) < 4.78 is 40.0. The predicted octanol–water partition coefficient (Wildman–Crippen LogP) is 2.96. The average Bonchev–Trinajstić information content (AvgIpc) is 3.36. The Balaban J connectivity index is 1.33. The molecule has 1 aromatic carbocycles. The highest BCUT2D eigenvalue weighted by atomic mass is 19.4. The van der Waals surface area contributed by atoms with E-state index in [0.717, 1.165) is 43.1 Å². The van der Waals surface area contributed by atoms with E-state index in [1.165, 1.54) is 24.4 Å². The van der Waals surface area contributed by atoms with Crippen LogP contribution in [0.1, 0.15) is 40.9 Å². The van der Waals surface area contributed by atoms with Crippen molar-refractivity contribution in [2.75, 3.05) is 26.2 Å². The van der Waals surface area contributed by atoms with Crippen molar-refractivity contribution in [3.05, 3.63) is 53.3 Å². The molecule has 2 amide bonds. The maximum Gasteiger partial charge on any atom is 0.416 e. The second-order valence-electron chi connectivity index (χ2n) is 8.44. The van der Waals surface area contributed by atoms with E-state index in [0.29, 0.717) is 25.2 Å². The van der Waals surface area contributed by atoms with Gasteiger partial charge in [0.2, 0.25) is 0 Å². The summed E-state index contributed by atoms with van der Waals surface area (Å²) in [5.41, 5.74) is 5.33. The highest BCUT2D eigenvalue weighted by molar-refractivity contribution is 5.91. The number of benzene rings is 1. The molecule has 2 N–H and O–H groups in total. The first-order valence-corrected chi connectivity index (χ1v) is 10.2. The molecule has 3 heterocycles. The van der Waals surface area contributed by atoms with Gasteiger partial charge in [0.05, 0.1) is 5.56 Å². The van der Waals surface area contributed by atoms with Gasteiger partial charge in [-0.15, -0.1) is 0 Å². The van der Waals surface area contributed by atoms with Crippen LogP contribution in [0.5, 0.6) is 0 Å². The Bertz CT molecular complexity index is 979. The van der Waals surface area contributed by atoms with Crippen LogP contribution >= 0.6 is 0 Å². The number of nitrogens with two attached hydrogens (primary N) is 1. The zero-order valence-electron chi connectivity index (χ0n) is 16.9. The molecule has 4 rings (SSSR count). The van der Waals surface area contributed by atoms with Crippen LogP contribution in [0, 0.1) is 5.41 Å². The standard InChI is InChI=1S/C21H24F3N5O2/c22-21(23,24)16-3-1-2-15(12-16)13-27-9-5-20(14-27)6-10-28(11-7-20)19(31)29-8-4-17(26-29)18(25)30/h1-4,8,12H,5-7,9-11,13-14H2,(H2,25,30). The highest BCUT2D eigenvalue weighted by Crippen LogP contribution is 2.41. The topological polar surface area (TPSA) is 84.5 Å². The molecule has 2 fully saturated rings. The van der Waals surface area contributed by atoms with Crippen LogP contribution in [-0.4, -0.2) is 57.7 Å². The molecule has 0 saturated carbocycles. The molecule has 0 atom stereocenters. The first-order chi connectivity index (χ1) is 14.7. The fourth-order valence-corrected chi connectivity index (χ4v) is 4.55. The van der Waals surface area contributed by atoms with Crippen LogP contribution in [0.15, 0.2) is 36.5 Å². The highest BCUT2D eigenvalue weighted by Gasteiger charge is 2.41. The monoisotopic (exact) mass is 435 g/mol. The summed E-state index contributed by atoms with van der Waals surface area (Å²) in [6, 6.07) is 6.61. The lowest BCUT2D eigenvalue weighted by Gasteiger charge is -2.39. The largest absolute Gasteiger partial charge is 0.416 e. The maximum absolute atomic E-state index is 13.0. The van der Waals surface area contributed by atoms with E-state index in [1.54, 1.807) is 11.0 Å². The van der Waals surface area contributed by atoms with E-state index in [-0.39, 0.29) is 17.1 Å². The van der Waals surface area contributed by atoms with Gasteiger partial charge in [-0.1, -0.05) is 18.2 Å². The summed E-state index contributed by atoms with van der Waals surface area (Å²) >= 11 is 0. The molecule has 2 aliphatic rings. The molecule has 0 aliphatic carbocycles. The van der Waals surface area contributed by atoms with E-state index in [9.17, 15) is 22.8 Å². The van der Waals surface area contributed by atoms with Gasteiger partial charge in [-0.05, 0) is 48.9 Å². The first-order valence-electron chi connectivity index (χ1n) is 10.2. The molecule has 1 spiro atoms. The third-order valence-electron chi connectivity index (χ3n) is 6.31. The first kappa shape index (κ1) is 21.4. The number of aromatic nitrogens is 2. The van der Waals surface area contributed by atoms with Crippen LogP contribution in [0.25, 0.3) is 0 Å². The average molecular weight is 435 g/mol. The molecule has 166 valence electrons. The van der Waals surface area contributed by atoms with Gasteiger partial charge in [-0.3, -0.25) is 9.69 Å². The predicted molar refractivity (Wildman–Crippen MR) is 106 cm³/mol. The van der Waals surface area contributed by atoms with Crippen molar-refractivity contribution in [1.82, 2.24) is 19.6 Å². The van der Waals surface area contributed by atoms with Crippen molar-refractivity contribution >= 4 is 11.9 Å². The van der Waals surface area contributed by atoms with Crippen molar-refractivity contribution < 1.29 is 22.8 Å². The number of rotatable bonds is 3. The minimum absolute atomic E-state index is 0.0443. The lowest BCUT2D eigenvalue weighted by molar-refractivity contribution is -0.137. The van der Waals surface area contributed by atoms with E-state index >= 15 is 0 Å². The van der Waals surface area contributed by atoms with Gasteiger partial charge in [0.1, 0.15) is 0 Å². The van der Waals surface area contributed by atoms with Gasteiger partial charge in [0.25, 0.3) is 5.91 Å². The van der Waals surface area contributed by atoms with Gasteiger partial charge < -0.3 is 10.6 Å². The fraction of sp³-hybridized carbons (Fsp3) is 0.476. The molecule has 2 aliphatic heterocycles. The Kier molecular flexibility index (Phi) is 5.50. The van der Waals surface area contributed by atoms with E-state index in [4.69, 9.17) is 5.73 Å². The summed E-state index contributed by atoms with van der Waals surface area (Å²) in [7, 11) is 0. The van der Waals surface area contributed by atoms with Gasteiger partial charge in [0.15, 0.2) is 5.69 Å². The summed E-state index contributed by atoms with van der Waals surface area (Å²) in [6.45, 7) is 3.26. The molecule has 7 nitrogen and oxygen atoms in total. The molecule has 2 aromatic rings. The molecule has 31 heavy (non-hydrogen) atoms. The van der Waals surface area contributed by atoms with Gasteiger partial charge >= 0.3 is 12.2 Å². The zero-order valence-corrected chi connectivity index (χ0v) is 16.9. The maximum atomic E-state index is 13.0. The number of piperidine rings is 1. The third-order valence-corrected chi connectivity index (χ3v) is 6.31. The number of halogens is 3. The molecule has 1 aromatic heterocycles. The summed E-state index contributed by atoms with van der Waals surface area (Å²) in [5.74, 6) is -0.684. The lowest BCUT2D eigenvalue weighted by Crippen LogP contribution is -2.45. The quantitative estimate of drug-likeness (QED) is 0.804. The number of amides is 2. The van der Waals surface area contributed by atoms with Crippen LogP contribution in [0.3, 0.4) is 0 Å². The number of alkyl halides is 3. The molecule has 0 unspecified atom stereocenters. The number of primary amides is 1. The minimum Gasteiger partial charge on any atom is -0.364 e. The molecule has 0 bridgehead atoms. The van der Waals surface area contributed by atoms with Crippen molar-refractivity contribution in [2.45, 2.75) is 32.0 Å². The Morgan fingerprint density at radius 3 is 2.45 bits per heavy atom. The number of hydrogen-bond acceptors (Lipinski definition) is 4. The van der Waals surface area contributed by atoms with E-state index < -0.39 is 17.6 Å². The summed E-state index contributed by atoms with van der Waals surface area (Å²) in [6.07, 6.45) is -0.307. The van der Waals surface area contributed by atoms with Gasteiger partial charge in [0, 0.05) is 32.4 Å². The molecular formula is C21H24F3N5O2. The van der Waals surface area contributed by atoms with E-state index in [1.807, 2.05) is 0 Å². The number of likely N-dealkylation sites (tertiary alicyclic amines) is 2. The molecule has 10 heteroatoms. The van der Waals surface area contributed by atoms with Crippen molar-refractivity contribution in [3.63, 3.8) is 0 Å². The Labute approximate surface area is 177 Å². The third kappa shape index (κ3) is 4.58. The van der Waals surface area contributed by atoms with Crippen LogP contribution < -0.4 is 5.73 Å². The van der Waals surface area contributed by atoms with Gasteiger partial charge in [-0.2, -0.15) is 23.0 Å². The SMILES string of the molecule is NC(=O)c1ccn(C(=O)N2CCC3(CCN(Cc4cccc(C(F)(F)F)c4)C3)CC2)n1. The zero-order chi connectivity index (χ0) is 22.2. The van der Waals surface area contributed by atoms with Crippen molar-refractivity contribution in [1.29, 1.82) is 0 Å². The second kappa shape index (κ2) is 7.99. The van der Waals surface area contributed by atoms with Crippen molar-refractivity contribution in [3.8, 4) is 0 Å². The molecule has 0 radical (unpaired) electrons. The minimum atomic E-state index is -4.34.